The van der Waals surface area contributed by atoms with E-state index in [4.69, 9.17) is 0 Å². The van der Waals surface area contributed by atoms with Crippen LogP contribution in [0.15, 0.2) is 18.2 Å². The molecule has 1 heterocycles. The lowest BCUT2D eigenvalue weighted by molar-refractivity contribution is 0.141. The smallest absolute Gasteiger partial charge is 0.0782 e. The van der Waals surface area contributed by atoms with Crippen molar-refractivity contribution in [1.29, 1.82) is 0 Å². The van der Waals surface area contributed by atoms with Gasteiger partial charge in [-0.15, -0.1) is 0 Å². The SMILES string of the molecule is Cc1ccc2c(c1)CC(O)C(CC1CC1)N2. The van der Waals surface area contributed by atoms with Gasteiger partial charge in [0.05, 0.1) is 12.1 Å². The first-order chi connectivity index (χ1) is 7.72. The molecule has 0 saturated heterocycles. The number of nitrogens with one attached hydrogen (secondary N) is 1. The summed E-state index contributed by atoms with van der Waals surface area (Å²) in [6.07, 6.45) is 4.43. The second kappa shape index (κ2) is 3.77. The molecule has 1 aliphatic carbocycles. The Kier molecular flexibility index (Phi) is 2.40. The molecule has 1 aliphatic heterocycles. The van der Waals surface area contributed by atoms with Crippen molar-refractivity contribution >= 4 is 5.69 Å². The Morgan fingerprint density at radius 3 is 2.94 bits per heavy atom. The van der Waals surface area contributed by atoms with E-state index in [1.165, 1.54) is 29.7 Å². The first kappa shape index (κ1) is 10.2. The van der Waals surface area contributed by atoms with Gasteiger partial charge in [0.1, 0.15) is 0 Å². The second-order valence-electron chi connectivity index (χ2n) is 5.36. The molecule has 2 heteroatoms. The van der Waals surface area contributed by atoms with E-state index >= 15 is 0 Å². The highest BCUT2D eigenvalue weighted by molar-refractivity contribution is 5.55. The minimum absolute atomic E-state index is 0.213. The zero-order chi connectivity index (χ0) is 11.1. The van der Waals surface area contributed by atoms with E-state index in [1.54, 1.807) is 0 Å². The van der Waals surface area contributed by atoms with E-state index in [-0.39, 0.29) is 12.1 Å². The third kappa shape index (κ3) is 1.94. The van der Waals surface area contributed by atoms with Gasteiger partial charge in [-0.3, -0.25) is 0 Å². The fraction of sp³-hybridized carbons (Fsp3) is 0.571. The van der Waals surface area contributed by atoms with Crippen LogP contribution in [0.5, 0.6) is 0 Å². The number of rotatable bonds is 2. The largest absolute Gasteiger partial charge is 0.391 e. The van der Waals surface area contributed by atoms with Crippen LogP contribution in [-0.2, 0) is 6.42 Å². The van der Waals surface area contributed by atoms with E-state index in [0.29, 0.717) is 0 Å². The van der Waals surface area contributed by atoms with Crippen molar-refractivity contribution in [3.8, 4) is 0 Å². The summed E-state index contributed by atoms with van der Waals surface area (Å²) in [4.78, 5) is 0. The van der Waals surface area contributed by atoms with E-state index in [0.717, 1.165) is 18.8 Å². The fourth-order valence-electron chi connectivity index (χ4n) is 2.62. The summed E-state index contributed by atoms with van der Waals surface area (Å²) in [7, 11) is 0. The number of anilines is 1. The normalized spacial score (nSPS) is 28.4. The summed E-state index contributed by atoms with van der Waals surface area (Å²) in [5, 5.41) is 13.6. The third-order valence-corrected chi connectivity index (χ3v) is 3.78. The molecular formula is C14H19NO. The van der Waals surface area contributed by atoms with Crippen molar-refractivity contribution in [2.75, 3.05) is 5.32 Å². The summed E-state index contributed by atoms with van der Waals surface area (Å²) in [6.45, 7) is 2.10. The Labute approximate surface area is 96.7 Å². The average molecular weight is 217 g/mol. The standard InChI is InChI=1S/C14H19NO/c1-9-2-5-12-11(6-9)8-14(16)13(15-12)7-10-3-4-10/h2,5-6,10,13-16H,3-4,7-8H2,1H3. The minimum Gasteiger partial charge on any atom is -0.391 e. The molecule has 2 nitrogen and oxygen atoms in total. The molecule has 16 heavy (non-hydrogen) atoms. The molecule has 1 saturated carbocycles. The van der Waals surface area contributed by atoms with Gasteiger partial charge in [0.2, 0.25) is 0 Å². The summed E-state index contributed by atoms with van der Waals surface area (Å²) in [6, 6.07) is 6.73. The third-order valence-electron chi connectivity index (χ3n) is 3.78. The van der Waals surface area contributed by atoms with Crippen molar-refractivity contribution in [3.63, 3.8) is 0 Å². The molecule has 2 unspecified atom stereocenters. The number of aliphatic hydroxyl groups excluding tert-OH is 1. The van der Waals surface area contributed by atoms with Gasteiger partial charge in [0, 0.05) is 12.1 Å². The number of benzene rings is 1. The van der Waals surface area contributed by atoms with Crippen molar-refractivity contribution in [2.24, 2.45) is 5.92 Å². The van der Waals surface area contributed by atoms with Crippen molar-refractivity contribution in [2.45, 2.75) is 44.8 Å². The topological polar surface area (TPSA) is 32.3 Å². The van der Waals surface area contributed by atoms with Crippen molar-refractivity contribution in [3.05, 3.63) is 29.3 Å². The maximum atomic E-state index is 10.1. The molecule has 0 amide bonds. The van der Waals surface area contributed by atoms with Crippen LogP contribution in [0.4, 0.5) is 5.69 Å². The molecule has 2 aliphatic rings. The molecule has 3 rings (SSSR count). The van der Waals surface area contributed by atoms with Gasteiger partial charge in [-0.25, -0.2) is 0 Å². The lowest BCUT2D eigenvalue weighted by Crippen LogP contribution is -2.39. The highest BCUT2D eigenvalue weighted by Crippen LogP contribution is 2.37. The second-order valence-corrected chi connectivity index (χ2v) is 5.36. The molecule has 0 radical (unpaired) electrons. The first-order valence-corrected chi connectivity index (χ1v) is 6.26. The lowest BCUT2D eigenvalue weighted by Gasteiger charge is -2.32. The Hall–Kier alpha value is -1.02. The molecule has 0 spiro atoms. The van der Waals surface area contributed by atoms with Gasteiger partial charge in [-0.05, 0) is 30.9 Å². The van der Waals surface area contributed by atoms with Gasteiger partial charge in [-0.2, -0.15) is 0 Å². The van der Waals surface area contributed by atoms with Crippen LogP contribution in [0.25, 0.3) is 0 Å². The van der Waals surface area contributed by atoms with Crippen LogP contribution in [0.1, 0.15) is 30.4 Å². The van der Waals surface area contributed by atoms with Gasteiger partial charge in [-0.1, -0.05) is 30.5 Å². The number of fused-ring (bicyclic) bond motifs is 1. The predicted octanol–water partition coefficient (Wildman–Crippen LogP) is 2.49. The maximum absolute atomic E-state index is 10.1. The molecule has 1 aromatic carbocycles. The van der Waals surface area contributed by atoms with E-state index in [2.05, 4.69) is 30.4 Å². The number of aliphatic hydroxyl groups is 1. The molecule has 2 N–H and O–H groups in total. The van der Waals surface area contributed by atoms with Crippen LogP contribution in [0.3, 0.4) is 0 Å². The fourth-order valence-corrected chi connectivity index (χ4v) is 2.62. The van der Waals surface area contributed by atoms with Crippen LogP contribution < -0.4 is 5.32 Å². The molecule has 2 atom stereocenters. The molecule has 86 valence electrons. The summed E-state index contributed by atoms with van der Waals surface area (Å²) >= 11 is 0. The van der Waals surface area contributed by atoms with Crippen molar-refractivity contribution in [1.82, 2.24) is 0 Å². The highest BCUT2D eigenvalue weighted by Gasteiger charge is 2.32. The van der Waals surface area contributed by atoms with Gasteiger partial charge >= 0.3 is 0 Å². The van der Waals surface area contributed by atoms with Crippen LogP contribution >= 0.6 is 0 Å². The number of hydrogen-bond acceptors (Lipinski definition) is 2. The summed E-state index contributed by atoms with van der Waals surface area (Å²) in [5.74, 6) is 0.860. The van der Waals surface area contributed by atoms with E-state index < -0.39 is 0 Å². The van der Waals surface area contributed by atoms with Gasteiger partial charge in [0.25, 0.3) is 0 Å². The van der Waals surface area contributed by atoms with E-state index in [1.807, 2.05) is 0 Å². The van der Waals surface area contributed by atoms with Gasteiger partial charge < -0.3 is 10.4 Å². The van der Waals surface area contributed by atoms with Crippen molar-refractivity contribution < 1.29 is 5.11 Å². The van der Waals surface area contributed by atoms with Gasteiger partial charge in [0.15, 0.2) is 0 Å². The molecule has 1 fully saturated rings. The Balaban J connectivity index is 1.80. The average Bonchev–Trinajstić information content (AvgIpc) is 3.03. The monoisotopic (exact) mass is 217 g/mol. The Morgan fingerprint density at radius 1 is 1.38 bits per heavy atom. The molecular weight excluding hydrogens is 198 g/mol. The van der Waals surface area contributed by atoms with E-state index in [9.17, 15) is 5.11 Å². The maximum Gasteiger partial charge on any atom is 0.0782 e. The quantitative estimate of drug-likeness (QED) is 0.797. The number of hydrogen-bond donors (Lipinski definition) is 2. The zero-order valence-corrected chi connectivity index (χ0v) is 9.74. The first-order valence-electron chi connectivity index (χ1n) is 6.26. The Morgan fingerprint density at radius 2 is 2.19 bits per heavy atom. The van der Waals surface area contributed by atoms with Crippen LogP contribution in [0.2, 0.25) is 0 Å². The predicted molar refractivity (Wildman–Crippen MR) is 65.6 cm³/mol. The van der Waals surface area contributed by atoms with Crippen LogP contribution in [-0.4, -0.2) is 17.3 Å². The Bertz CT molecular complexity index is 398. The number of aryl methyl sites for hydroxylation is 1. The van der Waals surface area contributed by atoms with Crippen LogP contribution in [0, 0.1) is 12.8 Å². The molecule has 1 aromatic rings. The lowest BCUT2D eigenvalue weighted by atomic mass is 9.91. The summed E-state index contributed by atoms with van der Waals surface area (Å²) in [5.41, 5.74) is 3.76. The zero-order valence-electron chi connectivity index (χ0n) is 9.74. The highest BCUT2D eigenvalue weighted by atomic mass is 16.3. The minimum atomic E-state index is -0.213. The molecule has 0 aromatic heterocycles. The summed E-state index contributed by atoms with van der Waals surface area (Å²) < 4.78 is 0. The molecule has 0 bridgehead atoms.